The largest absolute Gasteiger partial charge is 0.424 e. The van der Waals surface area contributed by atoms with Crippen LogP contribution in [0.5, 0.6) is 5.75 Å². The van der Waals surface area contributed by atoms with Crippen LogP contribution >= 0.6 is 7.60 Å². The zero-order valence-electron chi connectivity index (χ0n) is 9.00. The summed E-state index contributed by atoms with van der Waals surface area (Å²) in [5, 5.41) is 2.97. The monoisotopic (exact) mass is 241 g/mol. The van der Waals surface area contributed by atoms with Gasteiger partial charge in [-0.05, 0) is 37.4 Å². The van der Waals surface area contributed by atoms with E-state index < -0.39 is 7.60 Å². The Kier molecular flexibility index (Phi) is 3.64. The Morgan fingerprint density at radius 1 is 1.38 bits per heavy atom. The molecule has 4 nitrogen and oxygen atoms in total. The molecule has 1 unspecified atom stereocenters. The van der Waals surface area contributed by atoms with E-state index in [1.807, 2.05) is 6.07 Å². The summed E-state index contributed by atoms with van der Waals surface area (Å²) < 4.78 is 16.7. The van der Waals surface area contributed by atoms with Crippen molar-refractivity contribution in [3.63, 3.8) is 0 Å². The van der Waals surface area contributed by atoms with Gasteiger partial charge in [0.15, 0.2) is 0 Å². The maximum Gasteiger partial charge on any atom is 0.390 e. The molecule has 88 valence electrons. The van der Waals surface area contributed by atoms with Gasteiger partial charge in [-0.15, -0.1) is 0 Å². The topological polar surface area (TPSA) is 58.6 Å². The summed E-state index contributed by atoms with van der Waals surface area (Å²) in [6.45, 7) is 0.808. The summed E-state index contributed by atoms with van der Waals surface area (Å²) in [6.07, 6.45) is 2.46. The van der Waals surface area contributed by atoms with Crippen LogP contribution in [-0.4, -0.2) is 17.7 Å². The minimum Gasteiger partial charge on any atom is -0.424 e. The SMILES string of the molecule is O=P(O)(CNCC1CC1)Oc1ccccc1. The number of para-hydroxylation sites is 1. The van der Waals surface area contributed by atoms with E-state index in [0.29, 0.717) is 11.7 Å². The summed E-state index contributed by atoms with van der Waals surface area (Å²) >= 11 is 0. The lowest BCUT2D eigenvalue weighted by Crippen LogP contribution is -2.19. The van der Waals surface area contributed by atoms with Crippen molar-refractivity contribution in [1.29, 1.82) is 0 Å². The Hall–Kier alpha value is -0.830. The third-order valence-corrected chi connectivity index (χ3v) is 3.55. The summed E-state index contributed by atoms with van der Waals surface area (Å²) in [5.74, 6) is 1.12. The van der Waals surface area contributed by atoms with Gasteiger partial charge in [0.25, 0.3) is 0 Å². The highest BCUT2D eigenvalue weighted by molar-refractivity contribution is 7.53. The molecule has 2 rings (SSSR count). The van der Waals surface area contributed by atoms with Crippen molar-refractivity contribution in [2.45, 2.75) is 12.8 Å². The van der Waals surface area contributed by atoms with Crippen molar-refractivity contribution < 1.29 is 14.0 Å². The maximum absolute atomic E-state index is 11.7. The fourth-order valence-corrected chi connectivity index (χ4v) is 2.34. The van der Waals surface area contributed by atoms with E-state index in [1.54, 1.807) is 24.3 Å². The predicted molar refractivity (Wildman–Crippen MR) is 62.5 cm³/mol. The van der Waals surface area contributed by atoms with E-state index in [9.17, 15) is 9.46 Å². The van der Waals surface area contributed by atoms with Crippen LogP contribution in [0.25, 0.3) is 0 Å². The fourth-order valence-electron chi connectivity index (χ4n) is 1.41. The summed E-state index contributed by atoms with van der Waals surface area (Å²) in [6, 6.07) is 8.72. The quantitative estimate of drug-likeness (QED) is 0.750. The van der Waals surface area contributed by atoms with Gasteiger partial charge in [-0.2, -0.15) is 0 Å². The van der Waals surface area contributed by atoms with Crippen LogP contribution < -0.4 is 9.84 Å². The number of hydrogen-bond acceptors (Lipinski definition) is 3. The molecule has 0 aromatic heterocycles. The van der Waals surface area contributed by atoms with E-state index in [1.165, 1.54) is 12.8 Å². The molecular weight excluding hydrogens is 225 g/mol. The van der Waals surface area contributed by atoms with Gasteiger partial charge in [0, 0.05) is 0 Å². The van der Waals surface area contributed by atoms with Gasteiger partial charge in [-0.3, -0.25) is 0 Å². The molecule has 1 aliphatic rings. The lowest BCUT2D eigenvalue weighted by molar-refractivity contribution is 0.374. The van der Waals surface area contributed by atoms with Crippen molar-refractivity contribution in [1.82, 2.24) is 5.32 Å². The second kappa shape index (κ2) is 5.00. The number of nitrogens with one attached hydrogen (secondary N) is 1. The number of rotatable bonds is 6. The third-order valence-electron chi connectivity index (χ3n) is 2.43. The molecule has 2 N–H and O–H groups in total. The molecule has 16 heavy (non-hydrogen) atoms. The fraction of sp³-hybridized carbons (Fsp3) is 0.455. The summed E-state index contributed by atoms with van der Waals surface area (Å²) in [4.78, 5) is 9.57. The van der Waals surface area contributed by atoms with Gasteiger partial charge < -0.3 is 14.7 Å². The molecule has 0 amide bonds. The van der Waals surface area contributed by atoms with E-state index in [0.717, 1.165) is 6.54 Å². The third kappa shape index (κ3) is 3.97. The normalized spacial score (nSPS) is 19.1. The molecule has 0 heterocycles. The first kappa shape index (κ1) is 11.6. The second-order valence-corrected chi connectivity index (χ2v) is 5.87. The van der Waals surface area contributed by atoms with E-state index >= 15 is 0 Å². The van der Waals surface area contributed by atoms with Crippen molar-refractivity contribution in [2.75, 3.05) is 12.8 Å². The summed E-state index contributed by atoms with van der Waals surface area (Å²) in [5.41, 5.74) is 0. The lowest BCUT2D eigenvalue weighted by Gasteiger charge is -2.13. The first-order valence-corrected chi connectivity index (χ1v) is 7.19. The highest BCUT2D eigenvalue weighted by Gasteiger charge is 2.24. The van der Waals surface area contributed by atoms with Gasteiger partial charge in [0.2, 0.25) is 0 Å². The molecule has 0 spiro atoms. The molecule has 1 aromatic carbocycles. The zero-order chi connectivity index (χ0) is 11.4. The van der Waals surface area contributed by atoms with Crippen LogP contribution in [0, 0.1) is 5.92 Å². The van der Waals surface area contributed by atoms with Crippen molar-refractivity contribution >= 4 is 7.60 Å². The van der Waals surface area contributed by atoms with Crippen LogP contribution in [0.2, 0.25) is 0 Å². The van der Waals surface area contributed by atoms with Gasteiger partial charge >= 0.3 is 7.60 Å². The van der Waals surface area contributed by atoms with Gasteiger partial charge in [-0.1, -0.05) is 18.2 Å². The lowest BCUT2D eigenvalue weighted by atomic mass is 10.3. The molecule has 0 bridgehead atoms. The molecule has 1 saturated carbocycles. The highest BCUT2D eigenvalue weighted by Crippen LogP contribution is 2.41. The minimum absolute atomic E-state index is 0.0123. The van der Waals surface area contributed by atoms with Crippen LogP contribution in [0.1, 0.15) is 12.8 Å². The average molecular weight is 241 g/mol. The Morgan fingerprint density at radius 2 is 2.06 bits per heavy atom. The minimum atomic E-state index is -3.55. The highest BCUT2D eigenvalue weighted by atomic mass is 31.2. The molecular formula is C11H16NO3P. The molecule has 1 atom stereocenters. The van der Waals surface area contributed by atoms with Gasteiger partial charge in [-0.25, -0.2) is 4.57 Å². The Morgan fingerprint density at radius 3 is 2.69 bits per heavy atom. The number of benzene rings is 1. The van der Waals surface area contributed by atoms with Crippen LogP contribution in [0.3, 0.4) is 0 Å². The first-order valence-electron chi connectivity index (χ1n) is 5.43. The first-order chi connectivity index (χ1) is 7.66. The Balaban J connectivity index is 1.79. The van der Waals surface area contributed by atoms with Crippen molar-refractivity contribution in [3.8, 4) is 5.75 Å². The standard InChI is InChI=1S/C11H16NO3P/c13-16(14,9-12-8-10-6-7-10)15-11-4-2-1-3-5-11/h1-5,10,12H,6-9H2,(H,13,14). The summed E-state index contributed by atoms with van der Waals surface area (Å²) in [7, 11) is -3.55. The zero-order valence-corrected chi connectivity index (χ0v) is 9.90. The average Bonchev–Trinajstić information content (AvgIpc) is 3.02. The predicted octanol–water partition coefficient (Wildman–Crippen LogP) is 2.21. The molecule has 1 fully saturated rings. The molecule has 5 heteroatoms. The van der Waals surface area contributed by atoms with Gasteiger partial charge in [0.1, 0.15) is 12.0 Å². The molecule has 0 aliphatic heterocycles. The van der Waals surface area contributed by atoms with Crippen LogP contribution in [-0.2, 0) is 4.57 Å². The van der Waals surface area contributed by atoms with Crippen molar-refractivity contribution in [2.24, 2.45) is 5.92 Å². The molecule has 0 radical (unpaired) electrons. The number of hydrogen-bond donors (Lipinski definition) is 2. The Bertz CT molecular complexity index is 378. The molecule has 1 aliphatic carbocycles. The molecule has 1 aromatic rings. The smallest absolute Gasteiger partial charge is 0.390 e. The maximum atomic E-state index is 11.7. The van der Waals surface area contributed by atoms with E-state index in [4.69, 9.17) is 4.52 Å². The van der Waals surface area contributed by atoms with Crippen molar-refractivity contribution in [3.05, 3.63) is 30.3 Å². The second-order valence-electron chi connectivity index (χ2n) is 4.10. The van der Waals surface area contributed by atoms with Crippen LogP contribution in [0.15, 0.2) is 30.3 Å². The van der Waals surface area contributed by atoms with Gasteiger partial charge in [0.05, 0.1) is 0 Å². The molecule has 0 saturated heterocycles. The van der Waals surface area contributed by atoms with Crippen LogP contribution in [0.4, 0.5) is 0 Å². The van der Waals surface area contributed by atoms with E-state index in [-0.39, 0.29) is 6.29 Å². The Labute approximate surface area is 95.2 Å². The van der Waals surface area contributed by atoms with E-state index in [2.05, 4.69) is 5.32 Å².